The van der Waals surface area contributed by atoms with Crippen molar-refractivity contribution >= 4 is 5.82 Å². The quantitative estimate of drug-likeness (QED) is 0.874. The Kier molecular flexibility index (Phi) is 5.85. The lowest BCUT2D eigenvalue weighted by molar-refractivity contribution is 0.240. The van der Waals surface area contributed by atoms with E-state index in [-0.39, 0.29) is 6.10 Å². The van der Waals surface area contributed by atoms with Crippen LogP contribution in [-0.2, 0) is 0 Å². The van der Waals surface area contributed by atoms with Gasteiger partial charge in [0.25, 0.3) is 0 Å². The minimum Gasteiger partial charge on any atom is -0.487 e. The van der Waals surface area contributed by atoms with Crippen LogP contribution >= 0.6 is 0 Å². The van der Waals surface area contributed by atoms with Crippen molar-refractivity contribution in [1.82, 2.24) is 10.3 Å². The summed E-state index contributed by atoms with van der Waals surface area (Å²) in [5.41, 5.74) is 0. The number of hydrogen-bond acceptors (Lipinski definition) is 4. The van der Waals surface area contributed by atoms with Gasteiger partial charge < -0.3 is 15.0 Å². The van der Waals surface area contributed by atoms with Gasteiger partial charge in [0.05, 0.1) is 6.10 Å². The number of hydrogen-bond donors (Lipinski definition) is 1. The highest BCUT2D eigenvalue weighted by Crippen LogP contribution is 2.30. The zero-order valence-corrected chi connectivity index (χ0v) is 13.8. The van der Waals surface area contributed by atoms with E-state index in [0.717, 1.165) is 31.2 Å². The van der Waals surface area contributed by atoms with Gasteiger partial charge in [-0.2, -0.15) is 0 Å². The van der Waals surface area contributed by atoms with Gasteiger partial charge in [-0.3, -0.25) is 0 Å². The number of anilines is 1. The zero-order valence-electron chi connectivity index (χ0n) is 13.8. The van der Waals surface area contributed by atoms with Gasteiger partial charge in [-0.25, -0.2) is 4.98 Å². The molecule has 0 aromatic carbocycles. The van der Waals surface area contributed by atoms with Gasteiger partial charge in [0.2, 0.25) is 0 Å². The van der Waals surface area contributed by atoms with Crippen LogP contribution in [0.3, 0.4) is 0 Å². The van der Waals surface area contributed by atoms with Crippen LogP contribution in [0, 0.1) is 5.92 Å². The van der Waals surface area contributed by atoms with Gasteiger partial charge in [-0.15, -0.1) is 0 Å². The summed E-state index contributed by atoms with van der Waals surface area (Å²) in [6.45, 7) is 11.7. The third kappa shape index (κ3) is 4.34. The lowest BCUT2D eigenvalue weighted by Crippen LogP contribution is -2.44. The van der Waals surface area contributed by atoms with E-state index in [9.17, 15) is 0 Å². The number of nitrogens with one attached hydrogen (secondary N) is 1. The maximum Gasteiger partial charge on any atom is 0.171 e. The third-order valence-electron chi connectivity index (χ3n) is 4.10. The van der Waals surface area contributed by atoms with E-state index >= 15 is 0 Å². The Morgan fingerprint density at radius 3 is 2.95 bits per heavy atom. The van der Waals surface area contributed by atoms with Crippen molar-refractivity contribution in [1.29, 1.82) is 0 Å². The van der Waals surface area contributed by atoms with Gasteiger partial charge in [0.1, 0.15) is 0 Å². The van der Waals surface area contributed by atoms with Crippen molar-refractivity contribution in [2.75, 3.05) is 24.5 Å². The van der Waals surface area contributed by atoms with E-state index in [1.54, 1.807) is 0 Å². The molecule has 4 nitrogen and oxygen atoms in total. The fourth-order valence-electron chi connectivity index (χ4n) is 3.06. The van der Waals surface area contributed by atoms with Crippen molar-refractivity contribution in [3.8, 4) is 5.75 Å². The molecule has 2 rings (SSSR count). The molecule has 0 bridgehead atoms. The summed E-state index contributed by atoms with van der Waals surface area (Å²) >= 11 is 0. The first-order chi connectivity index (χ1) is 10.1. The molecule has 2 unspecified atom stereocenters. The SMILES string of the molecule is CCNC(C)C1CCCN(c2ncccc2OC(C)C)C1. The summed E-state index contributed by atoms with van der Waals surface area (Å²) in [6, 6.07) is 4.53. The number of rotatable bonds is 6. The molecule has 4 heteroatoms. The lowest BCUT2D eigenvalue weighted by atomic mass is 9.91. The number of nitrogens with zero attached hydrogens (tertiary/aromatic N) is 2. The van der Waals surface area contributed by atoms with E-state index < -0.39 is 0 Å². The van der Waals surface area contributed by atoms with Crippen LogP contribution in [-0.4, -0.2) is 36.8 Å². The average Bonchev–Trinajstić information content (AvgIpc) is 2.47. The predicted octanol–water partition coefficient (Wildman–Crippen LogP) is 3.08. The molecule has 1 aromatic rings. The Labute approximate surface area is 128 Å². The second kappa shape index (κ2) is 7.64. The summed E-state index contributed by atoms with van der Waals surface area (Å²) in [6.07, 6.45) is 4.55. The molecule has 0 radical (unpaired) electrons. The highest BCUT2D eigenvalue weighted by molar-refractivity contribution is 5.52. The Morgan fingerprint density at radius 1 is 1.43 bits per heavy atom. The van der Waals surface area contributed by atoms with Crippen molar-refractivity contribution in [3.63, 3.8) is 0 Å². The molecule has 1 aromatic heterocycles. The normalized spacial score (nSPS) is 20.6. The molecule has 0 saturated carbocycles. The minimum atomic E-state index is 0.175. The Bertz CT molecular complexity index is 436. The molecular weight excluding hydrogens is 262 g/mol. The van der Waals surface area contributed by atoms with E-state index in [1.165, 1.54) is 12.8 Å². The van der Waals surface area contributed by atoms with Crippen LogP contribution in [0.1, 0.15) is 40.5 Å². The molecule has 0 aliphatic carbocycles. The largest absolute Gasteiger partial charge is 0.487 e. The molecule has 1 aliphatic rings. The lowest BCUT2D eigenvalue weighted by Gasteiger charge is -2.37. The van der Waals surface area contributed by atoms with Crippen LogP contribution in [0.15, 0.2) is 18.3 Å². The van der Waals surface area contributed by atoms with Crippen LogP contribution in [0.5, 0.6) is 5.75 Å². The highest BCUT2D eigenvalue weighted by atomic mass is 16.5. The second-order valence-electron chi connectivity index (χ2n) is 6.19. The van der Waals surface area contributed by atoms with Gasteiger partial charge >= 0.3 is 0 Å². The monoisotopic (exact) mass is 291 g/mol. The highest BCUT2D eigenvalue weighted by Gasteiger charge is 2.26. The first-order valence-corrected chi connectivity index (χ1v) is 8.21. The number of aromatic nitrogens is 1. The van der Waals surface area contributed by atoms with E-state index in [4.69, 9.17) is 4.74 Å². The molecule has 1 N–H and O–H groups in total. The zero-order chi connectivity index (χ0) is 15.2. The molecule has 2 heterocycles. The van der Waals surface area contributed by atoms with Crippen molar-refractivity contribution < 1.29 is 4.74 Å². The van der Waals surface area contributed by atoms with Crippen molar-refractivity contribution in [2.24, 2.45) is 5.92 Å². The molecular formula is C17H29N3O. The van der Waals surface area contributed by atoms with E-state index in [2.05, 4.69) is 42.9 Å². The van der Waals surface area contributed by atoms with Crippen LogP contribution in [0.4, 0.5) is 5.82 Å². The molecule has 0 spiro atoms. The summed E-state index contributed by atoms with van der Waals surface area (Å²) in [4.78, 5) is 6.96. The summed E-state index contributed by atoms with van der Waals surface area (Å²) in [5, 5.41) is 3.56. The molecule has 21 heavy (non-hydrogen) atoms. The van der Waals surface area contributed by atoms with E-state index in [0.29, 0.717) is 12.0 Å². The fraction of sp³-hybridized carbons (Fsp3) is 0.706. The predicted molar refractivity (Wildman–Crippen MR) is 88.1 cm³/mol. The molecule has 118 valence electrons. The minimum absolute atomic E-state index is 0.175. The maximum atomic E-state index is 5.92. The van der Waals surface area contributed by atoms with E-state index in [1.807, 2.05) is 18.3 Å². The topological polar surface area (TPSA) is 37.4 Å². The summed E-state index contributed by atoms with van der Waals surface area (Å²) < 4.78 is 5.92. The Hall–Kier alpha value is -1.29. The van der Waals surface area contributed by atoms with Crippen LogP contribution < -0.4 is 15.0 Å². The van der Waals surface area contributed by atoms with Crippen molar-refractivity contribution in [3.05, 3.63) is 18.3 Å². The van der Waals surface area contributed by atoms with Gasteiger partial charge in [-0.1, -0.05) is 6.92 Å². The van der Waals surface area contributed by atoms with Crippen LogP contribution in [0.25, 0.3) is 0 Å². The van der Waals surface area contributed by atoms with Crippen molar-refractivity contribution in [2.45, 2.75) is 52.7 Å². The Morgan fingerprint density at radius 2 is 2.24 bits per heavy atom. The molecule has 1 fully saturated rings. The second-order valence-corrected chi connectivity index (χ2v) is 6.19. The number of pyridine rings is 1. The standard InChI is InChI=1S/C17H29N3O/c1-5-18-14(4)15-8-7-11-20(12-15)17-16(21-13(2)3)9-6-10-19-17/h6,9-10,13-15,18H,5,7-8,11-12H2,1-4H3. The average molecular weight is 291 g/mol. The molecule has 1 saturated heterocycles. The van der Waals surface area contributed by atoms with Gasteiger partial charge in [0, 0.05) is 25.3 Å². The van der Waals surface area contributed by atoms with Gasteiger partial charge in [-0.05, 0) is 58.2 Å². The fourth-order valence-corrected chi connectivity index (χ4v) is 3.06. The molecule has 0 amide bonds. The smallest absolute Gasteiger partial charge is 0.171 e. The van der Waals surface area contributed by atoms with Gasteiger partial charge in [0.15, 0.2) is 11.6 Å². The summed E-state index contributed by atoms with van der Waals surface area (Å²) in [7, 11) is 0. The first-order valence-electron chi connectivity index (χ1n) is 8.21. The maximum absolute atomic E-state index is 5.92. The van der Waals surface area contributed by atoms with Crippen LogP contribution in [0.2, 0.25) is 0 Å². The Balaban J connectivity index is 2.10. The third-order valence-corrected chi connectivity index (χ3v) is 4.10. The summed E-state index contributed by atoms with van der Waals surface area (Å²) in [5.74, 6) is 2.58. The first kappa shape index (κ1) is 16.1. The molecule has 1 aliphatic heterocycles. The number of piperidine rings is 1. The molecule has 2 atom stereocenters. The number of ether oxygens (including phenoxy) is 1.